The highest BCUT2D eigenvalue weighted by Crippen LogP contribution is 2.25. The van der Waals surface area contributed by atoms with Crippen LogP contribution in [0.15, 0.2) is 28.9 Å². The fraction of sp³-hybridized carbons (Fsp3) is 0.200. The number of hydrogen-bond donors (Lipinski definition) is 2. The predicted octanol–water partition coefficient (Wildman–Crippen LogP) is 1.92. The highest BCUT2D eigenvalue weighted by Gasteiger charge is 2.06. The maximum absolute atomic E-state index is 8.58. The first-order valence-electron chi connectivity index (χ1n) is 4.26. The Balaban J connectivity index is 2.52. The van der Waals surface area contributed by atoms with Gasteiger partial charge in [-0.05, 0) is 18.2 Å². The van der Waals surface area contributed by atoms with Crippen LogP contribution in [0.1, 0.15) is 5.76 Å². The van der Waals surface area contributed by atoms with E-state index in [0.29, 0.717) is 5.76 Å². The predicted molar refractivity (Wildman–Crippen MR) is 51.4 cm³/mol. The number of ether oxygens (including phenoxy) is 1. The second-order valence-corrected chi connectivity index (χ2v) is 2.95. The van der Waals surface area contributed by atoms with E-state index >= 15 is 0 Å². The van der Waals surface area contributed by atoms with Gasteiger partial charge in [0.1, 0.15) is 11.5 Å². The molecule has 0 aliphatic heterocycles. The van der Waals surface area contributed by atoms with Crippen molar-refractivity contribution in [1.29, 1.82) is 0 Å². The van der Waals surface area contributed by atoms with Crippen LogP contribution in [0.2, 0.25) is 0 Å². The summed E-state index contributed by atoms with van der Waals surface area (Å²) in [6.45, 7) is 0.288. The molecule has 1 aromatic heterocycles. The lowest BCUT2D eigenvalue weighted by Crippen LogP contribution is -2.05. The minimum atomic E-state index is 0.288. The molecule has 4 heteroatoms. The van der Waals surface area contributed by atoms with Crippen LogP contribution in [-0.4, -0.2) is 12.3 Å². The van der Waals surface area contributed by atoms with E-state index in [1.165, 1.54) is 0 Å². The first-order valence-corrected chi connectivity index (χ1v) is 4.26. The lowest BCUT2D eigenvalue weighted by Gasteiger charge is -1.99. The molecular formula is C10H11NO3. The van der Waals surface area contributed by atoms with Crippen molar-refractivity contribution in [3.05, 3.63) is 30.2 Å². The second kappa shape index (κ2) is 3.69. The molecule has 0 aliphatic rings. The van der Waals surface area contributed by atoms with Gasteiger partial charge in [-0.2, -0.15) is 5.48 Å². The SMILES string of the molecule is COc1ccc2coc(CNO)c2c1. The van der Waals surface area contributed by atoms with E-state index in [2.05, 4.69) is 5.48 Å². The summed E-state index contributed by atoms with van der Waals surface area (Å²) in [6.07, 6.45) is 1.65. The van der Waals surface area contributed by atoms with Crippen LogP contribution in [0.3, 0.4) is 0 Å². The Morgan fingerprint density at radius 3 is 3.07 bits per heavy atom. The summed E-state index contributed by atoms with van der Waals surface area (Å²) in [7, 11) is 1.62. The number of nitrogens with one attached hydrogen (secondary N) is 1. The molecule has 2 N–H and O–H groups in total. The largest absolute Gasteiger partial charge is 0.497 e. The smallest absolute Gasteiger partial charge is 0.127 e. The van der Waals surface area contributed by atoms with E-state index in [9.17, 15) is 0 Å². The van der Waals surface area contributed by atoms with Crippen LogP contribution in [0, 0.1) is 0 Å². The van der Waals surface area contributed by atoms with E-state index in [0.717, 1.165) is 16.5 Å². The van der Waals surface area contributed by atoms with E-state index in [-0.39, 0.29) is 6.54 Å². The molecule has 2 rings (SSSR count). The summed E-state index contributed by atoms with van der Waals surface area (Å²) in [5, 5.41) is 10.5. The maximum atomic E-state index is 8.58. The molecule has 0 unspecified atom stereocenters. The number of methoxy groups -OCH3 is 1. The van der Waals surface area contributed by atoms with Crippen molar-refractivity contribution in [3.8, 4) is 5.75 Å². The molecule has 0 saturated carbocycles. The Morgan fingerprint density at radius 1 is 1.50 bits per heavy atom. The monoisotopic (exact) mass is 193 g/mol. The Kier molecular flexibility index (Phi) is 2.39. The zero-order chi connectivity index (χ0) is 9.97. The van der Waals surface area contributed by atoms with Crippen molar-refractivity contribution in [1.82, 2.24) is 5.48 Å². The molecule has 4 nitrogen and oxygen atoms in total. The lowest BCUT2D eigenvalue weighted by molar-refractivity contribution is 0.154. The third-order valence-corrected chi connectivity index (χ3v) is 2.13. The normalized spacial score (nSPS) is 10.7. The maximum Gasteiger partial charge on any atom is 0.127 e. The van der Waals surface area contributed by atoms with Gasteiger partial charge in [0.25, 0.3) is 0 Å². The number of benzene rings is 1. The molecule has 14 heavy (non-hydrogen) atoms. The average molecular weight is 193 g/mol. The molecule has 2 aromatic rings. The first-order chi connectivity index (χ1) is 6.85. The van der Waals surface area contributed by atoms with Gasteiger partial charge in [-0.25, -0.2) is 0 Å². The quantitative estimate of drug-likeness (QED) is 0.731. The van der Waals surface area contributed by atoms with E-state index < -0.39 is 0 Å². The van der Waals surface area contributed by atoms with E-state index in [1.54, 1.807) is 13.4 Å². The van der Waals surface area contributed by atoms with E-state index in [1.807, 2.05) is 18.2 Å². The number of rotatable bonds is 3. The molecule has 0 aliphatic carbocycles. The van der Waals surface area contributed by atoms with Crippen molar-refractivity contribution in [2.75, 3.05) is 7.11 Å². The molecule has 0 radical (unpaired) electrons. The first kappa shape index (κ1) is 9.05. The number of furan rings is 1. The highest BCUT2D eigenvalue weighted by atomic mass is 16.5. The molecule has 0 spiro atoms. The van der Waals surface area contributed by atoms with Crippen LogP contribution in [0.5, 0.6) is 5.75 Å². The van der Waals surface area contributed by atoms with Gasteiger partial charge in [0.2, 0.25) is 0 Å². The van der Waals surface area contributed by atoms with Gasteiger partial charge < -0.3 is 14.4 Å². The summed E-state index contributed by atoms with van der Waals surface area (Å²) in [4.78, 5) is 0. The number of hydroxylamine groups is 1. The highest BCUT2D eigenvalue weighted by molar-refractivity contribution is 5.85. The van der Waals surface area contributed by atoms with Crippen LogP contribution >= 0.6 is 0 Å². The molecule has 0 amide bonds. The van der Waals surface area contributed by atoms with Crippen LogP contribution in [-0.2, 0) is 6.54 Å². The fourth-order valence-electron chi connectivity index (χ4n) is 1.41. The molecule has 0 atom stereocenters. The minimum absolute atomic E-state index is 0.288. The summed E-state index contributed by atoms with van der Waals surface area (Å²) in [5.41, 5.74) is 2.07. The van der Waals surface area contributed by atoms with Crippen molar-refractivity contribution in [2.24, 2.45) is 0 Å². The third kappa shape index (κ3) is 1.45. The Hall–Kier alpha value is -1.52. The fourth-order valence-corrected chi connectivity index (χ4v) is 1.41. The molecule has 74 valence electrons. The van der Waals surface area contributed by atoms with Crippen molar-refractivity contribution in [3.63, 3.8) is 0 Å². The molecular weight excluding hydrogens is 182 g/mol. The summed E-state index contributed by atoms with van der Waals surface area (Å²) >= 11 is 0. The average Bonchev–Trinajstić information content (AvgIpc) is 2.61. The van der Waals surface area contributed by atoms with E-state index in [4.69, 9.17) is 14.4 Å². The molecule has 0 fully saturated rings. The zero-order valence-corrected chi connectivity index (χ0v) is 7.78. The second-order valence-electron chi connectivity index (χ2n) is 2.95. The summed E-state index contributed by atoms with van der Waals surface area (Å²) < 4.78 is 10.4. The molecule has 0 saturated heterocycles. The Labute approximate surface area is 81.0 Å². The van der Waals surface area contributed by atoms with Crippen LogP contribution in [0.4, 0.5) is 0 Å². The van der Waals surface area contributed by atoms with Gasteiger partial charge >= 0.3 is 0 Å². The topological polar surface area (TPSA) is 54.6 Å². The summed E-state index contributed by atoms with van der Waals surface area (Å²) in [6, 6.07) is 5.66. The Morgan fingerprint density at radius 2 is 2.36 bits per heavy atom. The standard InChI is InChI=1S/C10H11NO3/c1-13-8-3-2-7-6-14-10(5-11-12)9(7)4-8/h2-4,6,11-12H,5H2,1H3. The van der Waals surface area contributed by atoms with Gasteiger partial charge in [-0.3, -0.25) is 0 Å². The Bertz CT molecular complexity index is 436. The van der Waals surface area contributed by atoms with Gasteiger partial charge in [0, 0.05) is 10.8 Å². The number of fused-ring (bicyclic) bond motifs is 1. The number of hydrogen-bond acceptors (Lipinski definition) is 4. The zero-order valence-electron chi connectivity index (χ0n) is 7.78. The van der Waals surface area contributed by atoms with Crippen molar-refractivity contribution < 1.29 is 14.4 Å². The lowest BCUT2D eigenvalue weighted by atomic mass is 10.2. The van der Waals surface area contributed by atoms with Crippen LogP contribution in [0.25, 0.3) is 10.8 Å². The molecule has 1 heterocycles. The van der Waals surface area contributed by atoms with Gasteiger partial charge in [-0.1, -0.05) is 0 Å². The van der Waals surface area contributed by atoms with Gasteiger partial charge in [0.05, 0.1) is 19.9 Å². The summed E-state index contributed by atoms with van der Waals surface area (Å²) in [5.74, 6) is 1.47. The third-order valence-electron chi connectivity index (χ3n) is 2.13. The van der Waals surface area contributed by atoms with Crippen LogP contribution < -0.4 is 10.2 Å². The van der Waals surface area contributed by atoms with Crippen molar-refractivity contribution in [2.45, 2.75) is 6.54 Å². The molecule has 1 aromatic carbocycles. The van der Waals surface area contributed by atoms with Gasteiger partial charge in [-0.15, -0.1) is 0 Å². The van der Waals surface area contributed by atoms with Gasteiger partial charge in [0.15, 0.2) is 0 Å². The minimum Gasteiger partial charge on any atom is -0.497 e. The molecule has 0 bridgehead atoms. The van der Waals surface area contributed by atoms with Crippen molar-refractivity contribution >= 4 is 10.8 Å².